The normalized spacial score (nSPS) is 15.8. The lowest BCUT2D eigenvalue weighted by molar-refractivity contribution is -0.142. The van der Waals surface area contributed by atoms with E-state index in [9.17, 15) is 19.0 Å². The summed E-state index contributed by atoms with van der Waals surface area (Å²) >= 11 is 0. The van der Waals surface area contributed by atoms with Gasteiger partial charge in [-0.05, 0) is 13.3 Å². The summed E-state index contributed by atoms with van der Waals surface area (Å²) in [6, 6.07) is -0.956. The van der Waals surface area contributed by atoms with Crippen molar-refractivity contribution in [2.75, 3.05) is 26.0 Å². The Hall–Kier alpha value is -0.910. The monoisotopic (exact) mass is 267 g/mol. The van der Waals surface area contributed by atoms with Crippen LogP contribution in [-0.2, 0) is 23.6 Å². The first-order valence-electron chi connectivity index (χ1n) is 5.12. The van der Waals surface area contributed by atoms with Gasteiger partial charge in [-0.25, -0.2) is 0 Å². The lowest BCUT2D eigenvalue weighted by atomic mass is 10.2. The van der Waals surface area contributed by atoms with Gasteiger partial charge in [0.1, 0.15) is 12.2 Å². The van der Waals surface area contributed by atoms with Crippen LogP contribution in [0.25, 0.3) is 0 Å². The fourth-order valence-corrected chi connectivity index (χ4v) is 2.43. The molecule has 0 spiro atoms. The minimum atomic E-state index is -3.64. The van der Waals surface area contributed by atoms with Gasteiger partial charge in [0.25, 0.3) is 0 Å². The number of rotatable bonds is 7. The maximum atomic E-state index is 11.6. The molecule has 17 heavy (non-hydrogen) atoms. The van der Waals surface area contributed by atoms with E-state index in [4.69, 9.17) is 5.73 Å². The van der Waals surface area contributed by atoms with Gasteiger partial charge in [-0.15, -0.1) is 0 Å². The van der Waals surface area contributed by atoms with Crippen molar-refractivity contribution in [2.24, 2.45) is 5.73 Å². The second-order valence-electron chi connectivity index (χ2n) is 3.45. The summed E-state index contributed by atoms with van der Waals surface area (Å²) in [6.45, 7) is 1.76. The fraction of sp³-hybridized carbons (Fsp3) is 0.778. The first-order valence-corrected chi connectivity index (χ1v) is 7.15. The van der Waals surface area contributed by atoms with Gasteiger partial charge in [-0.2, -0.15) is 0 Å². The summed E-state index contributed by atoms with van der Waals surface area (Å²) in [5.41, 5.74) is 5.40. The molecule has 0 aliphatic heterocycles. The third-order valence-electron chi connectivity index (χ3n) is 1.97. The Morgan fingerprint density at radius 2 is 2.06 bits per heavy atom. The minimum absolute atomic E-state index is 0.0140. The first kappa shape index (κ1) is 16.1. The van der Waals surface area contributed by atoms with Crippen LogP contribution >= 0.6 is 7.37 Å². The molecule has 0 radical (unpaired) electrons. The molecule has 8 heteroatoms. The van der Waals surface area contributed by atoms with E-state index in [1.54, 1.807) is 6.92 Å². The smallest absolute Gasteiger partial charge is 0.322 e. The van der Waals surface area contributed by atoms with Crippen LogP contribution in [0.5, 0.6) is 0 Å². The van der Waals surface area contributed by atoms with Gasteiger partial charge < -0.3 is 20.1 Å². The molecule has 7 nitrogen and oxygen atoms in total. The van der Waals surface area contributed by atoms with E-state index < -0.39 is 31.5 Å². The van der Waals surface area contributed by atoms with Crippen LogP contribution < -0.4 is 5.73 Å². The maximum absolute atomic E-state index is 11.6. The van der Waals surface area contributed by atoms with Crippen LogP contribution in [0.15, 0.2) is 0 Å². The number of hydrogen-bond donors (Lipinski definition) is 2. The lowest BCUT2D eigenvalue weighted by Gasteiger charge is -2.13. The van der Waals surface area contributed by atoms with E-state index in [0.29, 0.717) is 0 Å². The Bertz CT molecular complexity index is 319. The molecule has 3 N–H and O–H groups in total. The van der Waals surface area contributed by atoms with Crippen molar-refractivity contribution in [3.63, 3.8) is 0 Å². The molecule has 0 aliphatic carbocycles. The fourth-order valence-electron chi connectivity index (χ4n) is 1.10. The summed E-state index contributed by atoms with van der Waals surface area (Å²) in [7, 11) is -2.46. The van der Waals surface area contributed by atoms with E-state index in [-0.39, 0.29) is 19.2 Å². The molecule has 1 unspecified atom stereocenters. The molecular formula is C9H18NO6P. The maximum Gasteiger partial charge on any atom is 0.322 e. The number of hydrogen-bond acceptors (Lipinski definition) is 6. The van der Waals surface area contributed by atoms with Crippen LogP contribution in [0, 0.1) is 0 Å². The second-order valence-corrected chi connectivity index (χ2v) is 5.91. The molecule has 0 amide bonds. The summed E-state index contributed by atoms with van der Waals surface area (Å²) in [4.78, 5) is 31.4. The average Bonchev–Trinajstić information content (AvgIpc) is 2.24. The molecule has 0 aromatic heterocycles. The van der Waals surface area contributed by atoms with E-state index in [1.165, 1.54) is 7.11 Å². The van der Waals surface area contributed by atoms with Crippen LogP contribution in [0.3, 0.4) is 0 Å². The zero-order valence-corrected chi connectivity index (χ0v) is 10.8. The second kappa shape index (κ2) is 7.42. The Labute approximate surface area is 99.7 Å². The van der Waals surface area contributed by atoms with Gasteiger partial charge in [0.2, 0.25) is 7.37 Å². The van der Waals surface area contributed by atoms with Crippen molar-refractivity contribution in [1.82, 2.24) is 0 Å². The molecule has 0 aliphatic rings. The average molecular weight is 267 g/mol. The number of methoxy groups -OCH3 is 1. The van der Waals surface area contributed by atoms with Crippen molar-refractivity contribution >= 4 is 19.3 Å². The summed E-state index contributed by atoms with van der Waals surface area (Å²) < 4.78 is 20.5. The van der Waals surface area contributed by atoms with E-state index in [2.05, 4.69) is 9.47 Å². The number of carbonyl (C=O) groups is 2. The van der Waals surface area contributed by atoms with Gasteiger partial charge in [0.15, 0.2) is 0 Å². The Balaban J connectivity index is 4.13. The summed E-state index contributed by atoms with van der Waals surface area (Å²) in [6.07, 6.45) is -0.795. The minimum Gasteiger partial charge on any atom is -0.468 e. The number of esters is 2. The highest BCUT2D eigenvalue weighted by Crippen LogP contribution is 2.41. The largest absolute Gasteiger partial charge is 0.468 e. The summed E-state index contributed by atoms with van der Waals surface area (Å²) in [5.74, 6) is -1.38. The lowest BCUT2D eigenvalue weighted by Crippen LogP contribution is -2.32. The van der Waals surface area contributed by atoms with Gasteiger partial charge >= 0.3 is 11.9 Å². The Morgan fingerprint density at radius 1 is 1.47 bits per heavy atom. The molecule has 0 bridgehead atoms. The van der Waals surface area contributed by atoms with Gasteiger partial charge in [-0.3, -0.25) is 14.2 Å². The van der Waals surface area contributed by atoms with Gasteiger partial charge in [0.05, 0.1) is 13.7 Å². The topological polar surface area (TPSA) is 116 Å². The predicted molar refractivity (Wildman–Crippen MR) is 60.8 cm³/mol. The zero-order valence-electron chi connectivity index (χ0n) is 9.92. The quantitative estimate of drug-likeness (QED) is 0.481. The van der Waals surface area contributed by atoms with Crippen molar-refractivity contribution in [2.45, 2.75) is 19.4 Å². The number of ether oxygens (including phenoxy) is 2. The predicted octanol–water partition coefficient (Wildman–Crippen LogP) is -0.290. The molecule has 0 saturated heterocycles. The van der Waals surface area contributed by atoms with Gasteiger partial charge in [0, 0.05) is 6.16 Å². The zero-order chi connectivity index (χ0) is 13.5. The van der Waals surface area contributed by atoms with Crippen molar-refractivity contribution in [1.29, 1.82) is 0 Å². The van der Waals surface area contributed by atoms with Crippen molar-refractivity contribution in [3.05, 3.63) is 0 Å². The molecule has 0 aromatic carbocycles. The third-order valence-corrected chi connectivity index (χ3v) is 3.68. The first-order chi connectivity index (χ1) is 7.82. The van der Waals surface area contributed by atoms with Crippen LogP contribution in [-0.4, -0.2) is 48.9 Å². The Kier molecular flexibility index (Phi) is 7.03. The highest BCUT2D eigenvalue weighted by molar-refractivity contribution is 7.58. The molecule has 2 atom stereocenters. The van der Waals surface area contributed by atoms with Gasteiger partial charge in [-0.1, -0.05) is 0 Å². The van der Waals surface area contributed by atoms with Crippen LogP contribution in [0.4, 0.5) is 0 Å². The van der Waals surface area contributed by atoms with Crippen LogP contribution in [0.2, 0.25) is 0 Å². The molecule has 0 saturated carbocycles. The van der Waals surface area contributed by atoms with Crippen LogP contribution in [0.1, 0.15) is 13.3 Å². The molecule has 0 aromatic rings. The number of nitrogens with two attached hydrogens (primary N) is 1. The molecule has 0 rings (SSSR count). The molecule has 100 valence electrons. The highest BCUT2D eigenvalue weighted by Gasteiger charge is 2.26. The molecule has 0 fully saturated rings. The summed E-state index contributed by atoms with van der Waals surface area (Å²) in [5, 5.41) is 0. The SMILES string of the molecule is CCOC(=O)CP(=O)(O)CC[C@H](N)C(=O)OC. The van der Waals surface area contributed by atoms with Crippen molar-refractivity contribution in [3.8, 4) is 0 Å². The van der Waals surface area contributed by atoms with Crippen molar-refractivity contribution < 1.29 is 28.5 Å². The Morgan fingerprint density at radius 3 is 2.53 bits per heavy atom. The van der Waals surface area contributed by atoms with E-state index in [1.807, 2.05) is 0 Å². The third kappa shape index (κ3) is 7.10. The standard InChI is InChI=1S/C9H18NO6P/c1-3-16-8(11)6-17(13,14)5-4-7(10)9(12)15-2/h7H,3-6,10H2,1-2H3,(H,13,14)/t7-/m0/s1. The molecular weight excluding hydrogens is 249 g/mol. The number of carbonyl (C=O) groups excluding carboxylic acids is 2. The van der Waals surface area contributed by atoms with E-state index >= 15 is 0 Å². The molecule has 0 heterocycles. The van der Waals surface area contributed by atoms with E-state index in [0.717, 1.165) is 0 Å². The highest BCUT2D eigenvalue weighted by atomic mass is 31.2.